The summed E-state index contributed by atoms with van der Waals surface area (Å²) in [4.78, 5) is 48.8. The third-order valence-electron chi connectivity index (χ3n) is 5.39. The number of ketones is 1. The monoisotopic (exact) mass is 505 g/mol. The van der Waals surface area contributed by atoms with Gasteiger partial charge in [0.25, 0.3) is 5.78 Å². The number of carbonyl (C=O) groups is 3. The van der Waals surface area contributed by atoms with Crippen molar-refractivity contribution < 1.29 is 29.0 Å². The highest BCUT2D eigenvalue weighted by Gasteiger charge is 2.48. The van der Waals surface area contributed by atoms with Gasteiger partial charge in [-0.05, 0) is 49.7 Å². The van der Waals surface area contributed by atoms with Gasteiger partial charge in [0.05, 0.1) is 23.9 Å². The number of aliphatic hydroxyl groups is 1. The molecular formula is C26H23N3O6S. The Morgan fingerprint density at radius 3 is 2.64 bits per heavy atom. The molecule has 4 rings (SSSR count). The molecule has 10 heteroatoms. The van der Waals surface area contributed by atoms with Crippen molar-refractivity contribution in [1.82, 2.24) is 9.97 Å². The molecule has 1 N–H and O–H groups in total. The van der Waals surface area contributed by atoms with Crippen LogP contribution in [-0.4, -0.2) is 45.9 Å². The molecule has 1 saturated heterocycles. The number of rotatable bonds is 8. The molecule has 1 atom stereocenters. The Kier molecular flexibility index (Phi) is 7.25. The van der Waals surface area contributed by atoms with E-state index in [4.69, 9.17) is 9.47 Å². The summed E-state index contributed by atoms with van der Waals surface area (Å²) in [5.41, 5.74) is 1.08. The number of Topliss-reactive ketones (excluding diaryl/α,β-unsaturated/α-hetero) is 1. The fraction of sp³-hybridized carbons (Fsp3) is 0.192. The third-order valence-corrected chi connectivity index (χ3v) is 6.53. The van der Waals surface area contributed by atoms with Crippen molar-refractivity contribution >= 4 is 39.9 Å². The lowest BCUT2D eigenvalue weighted by atomic mass is 9.96. The zero-order valence-corrected chi connectivity index (χ0v) is 20.4. The lowest BCUT2D eigenvalue weighted by Gasteiger charge is -2.22. The molecule has 3 aromatic rings. The van der Waals surface area contributed by atoms with Crippen LogP contribution in [0.2, 0.25) is 0 Å². The Morgan fingerprint density at radius 2 is 2.00 bits per heavy atom. The van der Waals surface area contributed by atoms with Crippen molar-refractivity contribution in [2.45, 2.75) is 19.9 Å². The average Bonchev–Trinajstić information content (AvgIpc) is 3.40. The Balaban J connectivity index is 1.83. The third kappa shape index (κ3) is 4.63. The Morgan fingerprint density at radius 1 is 1.25 bits per heavy atom. The smallest absolute Gasteiger partial charge is 0.350 e. The van der Waals surface area contributed by atoms with Crippen LogP contribution in [0.25, 0.3) is 5.76 Å². The predicted octanol–water partition coefficient (Wildman–Crippen LogP) is 4.21. The average molecular weight is 506 g/mol. The van der Waals surface area contributed by atoms with Gasteiger partial charge in [-0.3, -0.25) is 19.5 Å². The zero-order valence-electron chi connectivity index (χ0n) is 19.6. The van der Waals surface area contributed by atoms with Crippen molar-refractivity contribution in [3.8, 4) is 5.75 Å². The van der Waals surface area contributed by atoms with Gasteiger partial charge in [0.15, 0.2) is 5.13 Å². The highest BCUT2D eigenvalue weighted by molar-refractivity contribution is 7.17. The van der Waals surface area contributed by atoms with Crippen LogP contribution in [0.1, 0.15) is 39.5 Å². The molecule has 1 unspecified atom stereocenters. The van der Waals surface area contributed by atoms with Gasteiger partial charge >= 0.3 is 11.9 Å². The number of aliphatic hydroxyl groups excluding tert-OH is 1. The van der Waals surface area contributed by atoms with E-state index in [0.717, 1.165) is 11.3 Å². The molecule has 1 aliphatic heterocycles. The zero-order chi connectivity index (χ0) is 25.8. The molecule has 0 spiro atoms. The minimum Gasteiger partial charge on any atom is -0.507 e. The summed E-state index contributed by atoms with van der Waals surface area (Å²) in [5, 5.41) is 11.3. The van der Waals surface area contributed by atoms with E-state index in [2.05, 4.69) is 16.5 Å². The van der Waals surface area contributed by atoms with Gasteiger partial charge in [-0.15, -0.1) is 0 Å². The first-order valence-corrected chi connectivity index (χ1v) is 11.9. The predicted molar refractivity (Wildman–Crippen MR) is 134 cm³/mol. The standard InChI is InChI=1S/C26H23N3O6S/c1-4-13-35-18-10-8-16(9-11-18)21(30)19-20(17-7-6-12-27-14-17)29(24(32)22(19)31)26-28-15(3)23(36-26)25(33)34-5-2/h4,6-12,14,20,30H,1,5,13H2,2-3H3/b21-19-. The molecule has 9 nitrogen and oxygen atoms in total. The van der Waals surface area contributed by atoms with Gasteiger partial charge in [-0.2, -0.15) is 0 Å². The van der Waals surface area contributed by atoms with E-state index in [1.54, 1.807) is 62.5 Å². The molecule has 0 radical (unpaired) electrons. The molecule has 36 heavy (non-hydrogen) atoms. The number of benzene rings is 1. The van der Waals surface area contributed by atoms with Crippen LogP contribution < -0.4 is 9.64 Å². The SMILES string of the molecule is C=CCOc1ccc(/C(O)=C2/C(=O)C(=O)N(c3nc(C)c(C(=O)OCC)s3)C2c2cccnc2)cc1. The van der Waals surface area contributed by atoms with Crippen molar-refractivity contribution in [1.29, 1.82) is 0 Å². The van der Waals surface area contributed by atoms with Crippen molar-refractivity contribution in [3.05, 3.63) is 88.7 Å². The molecule has 0 saturated carbocycles. The summed E-state index contributed by atoms with van der Waals surface area (Å²) >= 11 is 0.946. The van der Waals surface area contributed by atoms with Gasteiger partial charge in [0, 0.05) is 18.0 Å². The first kappa shape index (κ1) is 24.8. The topological polar surface area (TPSA) is 119 Å². The summed E-state index contributed by atoms with van der Waals surface area (Å²) in [6.45, 7) is 7.42. The van der Waals surface area contributed by atoms with Gasteiger partial charge in [-0.1, -0.05) is 30.1 Å². The van der Waals surface area contributed by atoms with Crippen LogP contribution in [0.4, 0.5) is 5.13 Å². The lowest BCUT2D eigenvalue weighted by molar-refractivity contribution is -0.132. The van der Waals surface area contributed by atoms with Gasteiger partial charge in [0.1, 0.15) is 23.0 Å². The van der Waals surface area contributed by atoms with Crippen LogP contribution in [0, 0.1) is 6.92 Å². The molecule has 0 bridgehead atoms. The number of thiazole rings is 1. The molecule has 1 aromatic carbocycles. The molecule has 1 aliphatic rings. The largest absolute Gasteiger partial charge is 0.507 e. The summed E-state index contributed by atoms with van der Waals surface area (Å²) < 4.78 is 10.6. The van der Waals surface area contributed by atoms with E-state index in [-0.39, 0.29) is 27.9 Å². The molecule has 2 aromatic heterocycles. The fourth-order valence-corrected chi connectivity index (χ4v) is 4.76. The Hall–Kier alpha value is -4.31. The number of ether oxygens (including phenoxy) is 2. The maximum Gasteiger partial charge on any atom is 0.350 e. The lowest BCUT2D eigenvalue weighted by Crippen LogP contribution is -2.29. The number of aryl methyl sites for hydroxylation is 1. The fourth-order valence-electron chi connectivity index (χ4n) is 3.77. The molecule has 3 heterocycles. The first-order chi connectivity index (χ1) is 17.4. The van der Waals surface area contributed by atoms with Gasteiger partial charge in [-0.25, -0.2) is 9.78 Å². The first-order valence-electron chi connectivity index (χ1n) is 11.1. The Bertz CT molecular complexity index is 1350. The van der Waals surface area contributed by atoms with Crippen LogP contribution in [0.3, 0.4) is 0 Å². The van der Waals surface area contributed by atoms with Crippen LogP contribution in [-0.2, 0) is 14.3 Å². The summed E-state index contributed by atoms with van der Waals surface area (Å²) in [6.07, 6.45) is 4.68. The number of hydrogen-bond acceptors (Lipinski definition) is 9. The van der Waals surface area contributed by atoms with E-state index in [1.807, 2.05) is 0 Å². The normalized spacial score (nSPS) is 16.7. The molecular weight excluding hydrogens is 482 g/mol. The van der Waals surface area contributed by atoms with Crippen molar-refractivity contribution in [2.75, 3.05) is 18.1 Å². The number of amides is 1. The van der Waals surface area contributed by atoms with Crippen LogP contribution in [0.5, 0.6) is 5.75 Å². The highest BCUT2D eigenvalue weighted by atomic mass is 32.1. The van der Waals surface area contributed by atoms with Crippen LogP contribution >= 0.6 is 11.3 Å². The van der Waals surface area contributed by atoms with Crippen molar-refractivity contribution in [2.24, 2.45) is 0 Å². The summed E-state index contributed by atoms with van der Waals surface area (Å²) in [5.74, 6) is -2.11. The molecule has 1 amide bonds. The van der Waals surface area contributed by atoms with E-state index in [0.29, 0.717) is 29.2 Å². The number of esters is 1. The van der Waals surface area contributed by atoms with Gasteiger partial charge in [0.2, 0.25) is 0 Å². The summed E-state index contributed by atoms with van der Waals surface area (Å²) in [6, 6.07) is 8.83. The maximum absolute atomic E-state index is 13.3. The quantitative estimate of drug-likeness (QED) is 0.159. The second kappa shape index (κ2) is 10.5. The molecule has 0 aliphatic carbocycles. The number of nitrogens with zero attached hydrogens (tertiary/aromatic N) is 3. The number of carbonyl (C=O) groups excluding carboxylic acids is 3. The number of hydrogen-bond donors (Lipinski definition) is 1. The van der Waals surface area contributed by atoms with Crippen LogP contribution in [0.15, 0.2) is 67.0 Å². The maximum atomic E-state index is 13.3. The van der Waals surface area contributed by atoms with E-state index < -0.39 is 23.7 Å². The summed E-state index contributed by atoms with van der Waals surface area (Å²) in [7, 11) is 0. The molecule has 1 fully saturated rings. The Labute approximate surface area is 211 Å². The molecule has 184 valence electrons. The van der Waals surface area contributed by atoms with E-state index in [1.165, 1.54) is 11.1 Å². The van der Waals surface area contributed by atoms with Crippen molar-refractivity contribution in [3.63, 3.8) is 0 Å². The van der Waals surface area contributed by atoms with E-state index >= 15 is 0 Å². The van der Waals surface area contributed by atoms with E-state index in [9.17, 15) is 19.5 Å². The second-order valence-electron chi connectivity index (χ2n) is 7.71. The number of pyridine rings is 1. The minimum absolute atomic E-state index is 0.113. The number of anilines is 1. The second-order valence-corrected chi connectivity index (χ2v) is 8.69. The minimum atomic E-state index is -1.00. The highest BCUT2D eigenvalue weighted by Crippen LogP contribution is 2.43. The number of aromatic nitrogens is 2. The van der Waals surface area contributed by atoms with Gasteiger partial charge < -0.3 is 14.6 Å².